The zero-order valence-electron chi connectivity index (χ0n) is 16.5. The average molecular weight is 391 g/mol. The van der Waals surface area contributed by atoms with Crippen molar-refractivity contribution in [2.24, 2.45) is 4.99 Å². The molecule has 1 atom stereocenters. The second kappa shape index (κ2) is 8.70. The molecule has 4 heteroatoms. The molecule has 2 heterocycles. The predicted molar refractivity (Wildman–Crippen MR) is 118 cm³/mol. The summed E-state index contributed by atoms with van der Waals surface area (Å²) < 4.78 is 8.17. The maximum absolute atomic E-state index is 5.95. The number of hydrogen-bond donors (Lipinski definition) is 0. The molecule has 0 radical (unpaired) electrons. The van der Waals surface area contributed by atoms with Gasteiger partial charge in [0.2, 0.25) is 5.90 Å². The van der Waals surface area contributed by atoms with Gasteiger partial charge in [0.1, 0.15) is 12.3 Å². The molecule has 0 bridgehead atoms. The van der Waals surface area contributed by atoms with E-state index in [-0.39, 0.29) is 6.04 Å². The summed E-state index contributed by atoms with van der Waals surface area (Å²) in [7, 11) is 0. The summed E-state index contributed by atoms with van der Waals surface area (Å²) >= 11 is 1.93. The first-order chi connectivity index (χ1) is 13.7. The molecule has 2 aromatic carbocycles. The van der Waals surface area contributed by atoms with Gasteiger partial charge in [0.25, 0.3) is 0 Å². The average Bonchev–Trinajstić information content (AvgIpc) is 3.33. The summed E-state index contributed by atoms with van der Waals surface area (Å²) in [5.41, 5.74) is 6.40. The molecular weight excluding hydrogens is 364 g/mol. The maximum Gasteiger partial charge on any atom is 0.233 e. The lowest BCUT2D eigenvalue weighted by Gasteiger charge is -2.09. The molecule has 1 aromatic heterocycles. The van der Waals surface area contributed by atoms with Crippen LogP contribution in [0.25, 0.3) is 0 Å². The van der Waals surface area contributed by atoms with Crippen molar-refractivity contribution in [2.75, 3.05) is 12.4 Å². The Morgan fingerprint density at radius 2 is 1.96 bits per heavy atom. The highest BCUT2D eigenvalue weighted by Gasteiger charge is 2.22. The van der Waals surface area contributed by atoms with E-state index in [0.29, 0.717) is 6.61 Å². The summed E-state index contributed by atoms with van der Waals surface area (Å²) in [5, 5.41) is 0. The van der Waals surface area contributed by atoms with Crippen molar-refractivity contribution < 1.29 is 4.74 Å². The van der Waals surface area contributed by atoms with Gasteiger partial charge >= 0.3 is 0 Å². The second-order valence-electron chi connectivity index (χ2n) is 7.35. The highest BCUT2D eigenvalue weighted by molar-refractivity contribution is 7.98. The molecule has 1 aliphatic rings. The molecule has 0 spiro atoms. The minimum Gasteiger partial charge on any atom is -0.474 e. The highest BCUT2D eigenvalue weighted by Crippen LogP contribution is 2.21. The van der Waals surface area contributed by atoms with Gasteiger partial charge in [-0.1, -0.05) is 54.1 Å². The molecule has 3 nitrogen and oxygen atoms in total. The van der Waals surface area contributed by atoms with Crippen LogP contribution in [-0.2, 0) is 17.0 Å². The van der Waals surface area contributed by atoms with E-state index in [0.717, 1.165) is 29.6 Å². The Balaban J connectivity index is 1.38. The molecule has 0 saturated carbocycles. The molecule has 4 rings (SSSR count). The molecule has 0 N–H and O–H groups in total. The van der Waals surface area contributed by atoms with Gasteiger partial charge in [-0.15, -0.1) is 0 Å². The molecule has 0 aliphatic carbocycles. The molecule has 1 unspecified atom stereocenters. The first kappa shape index (κ1) is 18.9. The highest BCUT2D eigenvalue weighted by atomic mass is 32.2. The zero-order valence-corrected chi connectivity index (χ0v) is 17.3. The van der Waals surface area contributed by atoms with Crippen molar-refractivity contribution in [1.29, 1.82) is 0 Å². The molecule has 1 aliphatic heterocycles. The summed E-state index contributed by atoms with van der Waals surface area (Å²) in [6, 6.07) is 21.6. The van der Waals surface area contributed by atoms with E-state index in [1.807, 2.05) is 11.8 Å². The monoisotopic (exact) mass is 390 g/mol. The molecule has 0 saturated heterocycles. The minimum absolute atomic E-state index is 0.228. The van der Waals surface area contributed by atoms with E-state index in [1.54, 1.807) is 0 Å². The standard InChI is InChI=1S/C24H26N2OS/c1-18-7-5-9-20(13-18)14-26-12-6-11-23(26)24-25-22(15-27-24)17-28-16-21-10-4-3-8-19(21)2/h3-13,22H,14-17H2,1-2H3. The summed E-state index contributed by atoms with van der Waals surface area (Å²) in [4.78, 5) is 4.86. The Hall–Kier alpha value is -2.46. The number of benzene rings is 2. The fourth-order valence-electron chi connectivity index (χ4n) is 3.47. The Labute approximate surface area is 171 Å². The van der Waals surface area contributed by atoms with Crippen molar-refractivity contribution in [1.82, 2.24) is 4.57 Å². The summed E-state index contributed by atoms with van der Waals surface area (Å²) in [6.45, 7) is 5.81. The van der Waals surface area contributed by atoms with Crippen LogP contribution in [-0.4, -0.2) is 28.9 Å². The number of aryl methyl sites for hydroxylation is 2. The summed E-state index contributed by atoms with van der Waals surface area (Å²) in [6.07, 6.45) is 2.10. The van der Waals surface area contributed by atoms with Crippen molar-refractivity contribution >= 4 is 17.7 Å². The van der Waals surface area contributed by atoms with Crippen molar-refractivity contribution in [3.05, 3.63) is 94.8 Å². The van der Waals surface area contributed by atoms with Crippen LogP contribution >= 0.6 is 11.8 Å². The Morgan fingerprint density at radius 3 is 2.82 bits per heavy atom. The van der Waals surface area contributed by atoms with Gasteiger partial charge in [-0.05, 0) is 42.7 Å². The van der Waals surface area contributed by atoms with E-state index in [1.165, 1.54) is 22.3 Å². The van der Waals surface area contributed by atoms with Gasteiger partial charge < -0.3 is 9.30 Å². The first-order valence-electron chi connectivity index (χ1n) is 9.73. The third kappa shape index (κ3) is 4.50. The molecule has 0 fully saturated rings. The van der Waals surface area contributed by atoms with Crippen LogP contribution in [0.1, 0.15) is 27.9 Å². The minimum atomic E-state index is 0.228. The van der Waals surface area contributed by atoms with Crippen molar-refractivity contribution in [3.63, 3.8) is 0 Å². The van der Waals surface area contributed by atoms with Crippen LogP contribution in [0.15, 0.2) is 71.9 Å². The van der Waals surface area contributed by atoms with Gasteiger partial charge in [-0.3, -0.25) is 0 Å². The van der Waals surface area contributed by atoms with Crippen molar-refractivity contribution in [3.8, 4) is 0 Å². The van der Waals surface area contributed by atoms with E-state index < -0.39 is 0 Å². The van der Waals surface area contributed by atoms with Crippen LogP contribution in [0.2, 0.25) is 0 Å². The molecular formula is C24H26N2OS. The Morgan fingerprint density at radius 1 is 1.07 bits per heavy atom. The van der Waals surface area contributed by atoms with Crippen LogP contribution in [0.3, 0.4) is 0 Å². The second-order valence-corrected chi connectivity index (χ2v) is 8.38. The van der Waals surface area contributed by atoms with Gasteiger partial charge in [-0.2, -0.15) is 11.8 Å². The lowest BCUT2D eigenvalue weighted by molar-refractivity contribution is 0.323. The van der Waals surface area contributed by atoms with E-state index in [9.17, 15) is 0 Å². The van der Waals surface area contributed by atoms with Crippen LogP contribution in [0.4, 0.5) is 0 Å². The number of thioether (sulfide) groups is 1. The van der Waals surface area contributed by atoms with Gasteiger partial charge in [0.15, 0.2) is 0 Å². The fourth-order valence-corrected chi connectivity index (χ4v) is 4.58. The smallest absolute Gasteiger partial charge is 0.233 e. The lowest BCUT2D eigenvalue weighted by Crippen LogP contribution is -2.11. The predicted octanol–water partition coefficient (Wildman–Crippen LogP) is 5.23. The lowest BCUT2D eigenvalue weighted by atomic mass is 10.1. The summed E-state index contributed by atoms with van der Waals surface area (Å²) in [5.74, 6) is 2.79. The van der Waals surface area contributed by atoms with Crippen LogP contribution in [0.5, 0.6) is 0 Å². The van der Waals surface area contributed by atoms with E-state index in [4.69, 9.17) is 9.73 Å². The Bertz CT molecular complexity index is 976. The van der Waals surface area contributed by atoms with Gasteiger partial charge in [0, 0.05) is 24.2 Å². The SMILES string of the molecule is Cc1cccc(Cn2cccc2C2=NC(CSCc3ccccc3C)CO2)c1. The quantitative estimate of drug-likeness (QED) is 0.552. The fraction of sp³-hybridized carbons (Fsp3) is 0.292. The van der Waals surface area contributed by atoms with Gasteiger partial charge in [0.05, 0.1) is 6.04 Å². The van der Waals surface area contributed by atoms with E-state index >= 15 is 0 Å². The van der Waals surface area contributed by atoms with Crippen LogP contribution in [0, 0.1) is 13.8 Å². The number of aromatic nitrogens is 1. The van der Waals surface area contributed by atoms with Crippen LogP contribution < -0.4 is 0 Å². The Kier molecular flexibility index (Phi) is 5.87. The number of ether oxygens (including phenoxy) is 1. The molecule has 28 heavy (non-hydrogen) atoms. The van der Waals surface area contributed by atoms with E-state index in [2.05, 4.69) is 85.3 Å². The number of nitrogens with zero attached hydrogens (tertiary/aromatic N) is 2. The third-order valence-corrected chi connectivity index (χ3v) is 6.16. The maximum atomic E-state index is 5.95. The number of aliphatic imine (C=N–C) groups is 1. The number of hydrogen-bond acceptors (Lipinski definition) is 3. The molecule has 144 valence electrons. The third-order valence-electron chi connectivity index (χ3n) is 5.03. The van der Waals surface area contributed by atoms with Crippen molar-refractivity contribution in [2.45, 2.75) is 32.2 Å². The normalized spacial score (nSPS) is 16.1. The zero-order chi connectivity index (χ0) is 19.3. The molecule has 3 aromatic rings. The first-order valence-corrected chi connectivity index (χ1v) is 10.9. The number of rotatable bonds is 7. The largest absolute Gasteiger partial charge is 0.474 e. The van der Waals surface area contributed by atoms with Gasteiger partial charge in [-0.25, -0.2) is 4.99 Å². The molecule has 0 amide bonds. The topological polar surface area (TPSA) is 26.5 Å².